The first-order valence-electron chi connectivity index (χ1n) is 9.12. The summed E-state index contributed by atoms with van der Waals surface area (Å²) in [6.45, 7) is 5.99. The molecule has 1 heterocycles. The molecule has 1 aliphatic heterocycles. The molecule has 0 atom stereocenters. The molecule has 0 aliphatic carbocycles. The summed E-state index contributed by atoms with van der Waals surface area (Å²) in [5.41, 5.74) is 2.87. The van der Waals surface area contributed by atoms with Crippen LogP contribution >= 0.6 is 0 Å². The Balaban J connectivity index is 1.98. The van der Waals surface area contributed by atoms with Gasteiger partial charge >= 0.3 is 0 Å². The van der Waals surface area contributed by atoms with Crippen molar-refractivity contribution in [3.63, 3.8) is 0 Å². The second-order valence-corrected chi connectivity index (χ2v) is 8.91. The van der Waals surface area contributed by atoms with Gasteiger partial charge in [0, 0.05) is 26.1 Å². The third-order valence-corrected chi connectivity index (χ3v) is 6.08. The highest BCUT2D eigenvalue weighted by atomic mass is 32.2. The Bertz CT molecular complexity index is 693. The average Bonchev–Trinajstić information content (AvgIpc) is 2.82. The minimum Gasteiger partial charge on any atom is -0.343 e. The molecule has 6 heteroatoms. The number of sulfonamides is 1. The van der Waals surface area contributed by atoms with Gasteiger partial charge in [0.05, 0.1) is 11.9 Å². The lowest BCUT2D eigenvalue weighted by molar-refractivity contribution is -0.131. The summed E-state index contributed by atoms with van der Waals surface area (Å²) in [7, 11) is -3.37. The fourth-order valence-corrected chi connectivity index (χ4v) is 4.18. The van der Waals surface area contributed by atoms with Gasteiger partial charge in [0.15, 0.2) is 0 Å². The summed E-state index contributed by atoms with van der Waals surface area (Å²) in [6.07, 6.45) is 6.69. The summed E-state index contributed by atoms with van der Waals surface area (Å²) in [5, 5.41) is 0. The largest absolute Gasteiger partial charge is 0.343 e. The Hall–Kier alpha value is -1.56. The van der Waals surface area contributed by atoms with Crippen LogP contribution in [0.25, 0.3) is 0 Å². The molecule has 0 bridgehead atoms. The predicted octanol–water partition coefficient (Wildman–Crippen LogP) is 3.25. The van der Waals surface area contributed by atoms with Crippen LogP contribution in [0.15, 0.2) is 18.2 Å². The molecule has 140 valence electrons. The highest BCUT2D eigenvalue weighted by molar-refractivity contribution is 7.92. The van der Waals surface area contributed by atoms with E-state index in [4.69, 9.17) is 0 Å². The van der Waals surface area contributed by atoms with Gasteiger partial charge in [-0.3, -0.25) is 9.10 Å². The average molecular weight is 367 g/mol. The van der Waals surface area contributed by atoms with Gasteiger partial charge in [-0.05, 0) is 56.4 Å². The number of nitrogens with zero attached hydrogens (tertiary/aromatic N) is 2. The summed E-state index contributed by atoms with van der Waals surface area (Å²) < 4.78 is 25.8. The van der Waals surface area contributed by atoms with E-state index in [0.29, 0.717) is 25.1 Å². The highest BCUT2D eigenvalue weighted by Gasteiger charge is 2.20. The molecular weight excluding hydrogens is 336 g/mol. The fourth-order valence-electron chi connectivity index (χ4n) is 3.22. The van der Waals surface area contributed by atoms with Gasteiger partial charge in [-0.1, -0.05) is 18.9 Å². The monoisotopic (exact) mass is 366 g/mol. The number of anilines is 1. The molecule has 1 amide bonds. The summed E-state index contributed by atoms with van der Waals surface area (Å²) in [6, 6.07) is 5.66. The van der Waals surface area contributed by atoms with Crippen molar-refractivity contribution in [2.24, 2.45) is 0 Å². The van der Waals surface area contributed by atoms with Crippen molar-refractivity contribution in [3.05, 3.63) is 29.3 Å². The maximum atomic E-state index is 12.4. The molecular formula is C19H30N2O3S. The number of carbonyl (C=O) groups excluding carboxylic acids is 1. The first kappa shape index (κ1) is 19.8. The Morgan fingerprint density at radius 2 is 1.72 bits per heavy atom. The van der Waals surface area contributed by atoms with Gasteiger partial charge in [-0.25, -0.2) is 8.42 Å². The van der Waals surface area contributed by atoms with Crippen molar-refractivity contribution >= 4 is 21.6 Å². The van der Waals surface area contributed by atoms with Gasteiger partial charge in [0.25, 0.3) is 0 Å². The lowest BCUT2D eigenvalue weighted by atomic mass is 10.1. The van der Waals surface area contributed by atoms with Crippen LogP contribution in [0, 0.1) is 13.8 Å². The molecule has 1 aromatic rings. The van der Waals surface area contributed by atoms with Gasteiger partial charge in [-0.15, -0.1) is 0 Å². The minimum absolute atomic E-state index is 0.149. The molecule has 25 heavy (non-hydrogen) atoms. The van der Waals surface area contributed by atoms with E-state index in [0.717, 1.165) is 37.1 Å². The van der Waals surface area contributed by atoms with Crippen molar-refractivity contribution in [2.75, 3.05) is 30.2 Å². The zero-order valence-corrected chi connectivity index (χ0v) is 16.4. The number of benzene rings is 1. The number of hydrogen-bond acceptors (Lipinski definition) is 3. The lowest BCUT2D eigenvalue weighted by Gasteiger charge is -2.24. The van der Waals surface area contributed by atoms with Crippen LogP contribution in [0.1, 0.15) is 49.7 Å². The molecule has 1 aliphatic rings. The molecule has 0 spiro atoms. The van der Waals surface area contributed by atoms with E-state index in [-0.39, 0.29) is 5.91 Å². The topological polar surface area (TPSA) is 57.7 Å². The standard InChI is InChI=1S/C19H30N2O3S/c1-16-10-11-18(15-17(16)2)21(25(3,23)24)14-8-9-19(22)20-12-6-4-5-7-13-20/h10-11,15H,4-9,12-14H2,1-3H3. The predicted molar refractivity (Wildman–Crippen MR) is 102 cm³/mol. The summed E-state index contributed by atoms with van der Waals surface area (Å²) in [5.74, 6) is 0.149. The van der Waals surface area contributed by atoms with Crippen LogP contribution in [-0.2, 0) is 14.8 Å². The number of amides is 1. The van der Waals surface area contributed by atoms with Gasteiger partial charge in [0.2, 0.25) is 15.9 Å². The van der Waals surface area contributed by atoms with E-state index < -0.39 is 10.0 Å². The molecule has 0 N–H and O–H groups in total. The summed E-state index contributed by atoms with van der Waals surface area (Å²) >= 11 is 0. The van der Waals surface area contributed by atoms with Gasteiger partial charge < -0.3 is 4.90 Å². The van der Waals surface area contributed by atoms with Crippen molar-refractivity contribution in [1.29, 1.82) is 0 Å². The quantitative estimate of drug-likeness (QED) is 0.776. The fraction of sp³-hybridized carbons (Fsp3) is 0.632. The molecule has 1 aromatic carbocycles. The Labute approximate surface area is 152 Å². The van der Waals surface area contributed by atoms with Gasteiger partial charge in [-0.2, -0.15) is 0 Å². The summed E-state index contributed by atoms with van der Waals surface area (Å²) in [4.78, 5) is 14.3. The number of likely N-dealkylation sites (tertiary alicyclic amines) is 1. The number of rotatable bonds is 6. The molecule has 1 fully saturated rings. The van der Waals surface area contributed by atoms with E-state index in [2.05, 4.69) is 0 Å². The van der Waals surface area contributed by atoms with Crippen molar-refractivity contribution in [3.8, 4) is 0 Å². The molecule has 0 aromatic heterocycles. The van der Waals surface area contributed by atoms with E-state index >= 15 is 0 Å². The molecule has 1 saturated heterocycles. The third-order valence-electron chi connectivity index (χ3n) is 4.89. The van der Waals surface area contributed by atoms with Gasteiger partial charge in [0.1, 0.15) is 0 Å². The molecule has 0 unspecified atom stereocenters. The second-order valence-electron chi connectivity index (χ2n) is 7.00. The zero-order chi connectivity index (χ0) is 18.4. The smallest absolute Gasteiger partial charge is 0.232 e. The number of aryl methyl sites for hydroxylation is 2. The number of hydrogen-bond donors (Lipinski definition) is 0. The number of carbonyl (C=O) groups is 1. The molecule has 0 radical (unpaired) electrons. The van der Waals surface area contributed by atoms with E-state index in [1.807, 2.05) is 36.9 Å². The first-order chi connectivity index (χ1) is 11.8. The Morgan fingerprint density at radius 3 is 2.28 bits per heavy atom. The Kier molecular flexibility index (Phi) is 6.87. The first-order valence-corrected chi connectivity index (χ1v) is 11.0. The van der Waals surface area contributed by atoms with Crippen LogP contribution in [0.4, 0.5) is 5.69 Å². The maximum absolute atomic E-state index is 12.4. The van der Waals surface area contributed by atoms with Crippen molar-refractivity contribution in [2.45, 2.75) is 52.4 Å². The lowest BCUT2D eigenvalue weighted by Crippen LogP contribution is -2.34. The third kappa shape index (κ3) is 5.73. The minimum atomic E-state index is -3.37. The molecule has 0 saturated carbocycles. The normalized spacial score (nSPS) is 15.7. The van der Waals surface area contributed by atoms with Crippen molar-refractivity contribution in [1.82, 2.24) is 4.90 Å². The maximum Gasteiger partial charge on any atom is 0.232 e. The van der Waals surface area contributed by atoms with Crippen LogP contribution in [-0.4, -0.2) is 45.1 Å². The Morgan fingerprint density at radius 1 is 1.08 bits per heavy atom. The molecule has 2 rings (SSSR count). The SMILES string of the molecule is Cc1ccc(N(CCCC(=O)N2CCCCCC2)S(C)(=O)=O)cc1C. The van der Waals surface area contributed by atoms with E-state index in [9.17, 15) is 13.2 Å². The zero-order valence-electron chi connectivity index (χ0n) is 15.6. The van der Waals surface area contributed by atoms with Crippen LogP contribution in [0.5, 0.6) is 0 Å². The van der Waals surface area contributed by atoms with Crippen LogP contribution < -0.4 is 4.31 Å². The van der Waals surface area contributed by atoms with E-state index in [1.54, 1.807) is 0 Å². The van der Waals surface area contributed by atoms with Crippen LogP contribution in [0.3, 0.4) is 0 Å². The van der Waals surface area contributed by atoms with Crippen LogP contribution in [0.2, 0.25) is 0 Å². The van der Waals surface area contributed by atoms with E-state index in [1.165, 1.54) is 23.4 Å². The van der Waals surface area contributed by atoms with Crippen molar-refractivity contribution < 1.29 is 13.2 Å². The highest BCUT2D eigenvalue weighted by Crippen LogP contribution is 2.22. The second kappa shape index (κ2) is 8.70. The molecule has 5 nitrogen and oxygen atoms in total.